The van der Waals surface area contributed by atoms with Crippen LogP contribution < -0.4 is 5.32 Å². The molecule has 0 aliphatic heterocycles. The summed E-state index contributed by atoms with van der Waals surface area (Å²) in [5, 5.41) is 24.1. The molecule has 10 heteroatoms. The second-order valence-corrected chi connectivity index (χ2v) is 6.11. The highest BCUT2D eigenvalue weighted by atomic mass is 32.1. The number of rotatable bonds is 5. The molecule has 0 saturated carbocycles. The van der Waals surface area contributed by atoms with Crippen molar-refractivity contribution in [2.45, 2.75) is 0 Å². The number of carbonyl (C=O) groups excluding carboxylic acids is 2. The fourth-order valence-corrected chi connectivity index (χ4v) is 2.81. The molecular formula is C16H11N3O6S. The lowest BCUT2D eigenvalue weighted by molar-refractivity contribution is -0.380. The summed E-state index contributed by atoms with van der Waals surface area (Å²) >= 11 is 0.681. The smallest absolute Gasteiger partial charge is 0.345 e. The third-order valence-corrected chi connectivity index (χ3v) is 4.20. The normalized spacial score (nSPS) is 10.5. The molecule has 26 heavy (non-hydrogen) atoms. The topological polar surface area (TPSA) is 132 Å². The Kier molecular flexibility index (Phi) is 4.76. The van der Waals surface area contributed by atoms with Crippen LogP contribution in [0.4, 0.5) is 10.1 Å². The van der Waals surface area contributed by atoms with Gasteiger partial charge in [0.1, 0.15) is 17.5 Å². The first-order chi connectivity index (χ1) is 12.4. The Balaban J connectivity index is 1.63. The van der Waals surface area contributed by atoms with Crippen molar-refractivity contribution in [3.63, 3.8) is 0 Å². The van der Waals surface area contributed by atoms with E-state index in [4.69, 9.17) is 4.74 Å². The number of phenols is 1. The number of benzene rings is 2. The summed E-state index contributed by atoms with van der Waals surface area (Å²) in [5.41, 5.74) is -0.0682. The van der Waals surface area contributed by atoms with E-state index in [1.807, 2.05) is 0 Å². The van der Waals surface area contributed by atoms with Crippen LogP contribution in [0.15, 0.2) is 42.6 Å². The number of amides is 1. The van der Waals surface area contributed by atoms with Crippen LogP contribution in [0.25, 0.3) is 10.8 Å². The number of nitro groups is 1. The van der Waals surface area contributed by atoms with Crippen molar-refractivity contribution in [2.75, 3.05) is 11.9 Å². The van der Waals surface area contributed by atoms with Gasteiger partial charge in [-0.05, 0) is 34.2 Å². The number of esters is 1. The number of hydrogen-bond acceptors (Lipinski definition) is 8. The first-order valence-corrected chi connectivity index (χ1v) is 8.04. The molecule has 2 aromatic carbocycles. The van der Waals surface area contributed by atoms with Gasteiger partial charge in [0.15, 0.2) is 11.7 Å². The largest absolute Gasteiger partial charge is 0.507 e. The van der Waals surface area contributed by atoms with E-state index >= 15 is 0 Å². The number of hydrogen-bond donors (Lipinski definition) is 2. The molecule has 0 fully saturated rings. The molecule has 0 radical (unpaired) electrons. The zero-order chi connectivity index (χ0) is 18.7. The molecule has 0 unspecified atom stereocenters. The van der Waals surface area contributed by atoms with Crippen molar-refractivity contribution in [3.8, 4) is 5.75 Å². The number of anilines is 1. The Hall–Kier alpha value is -3.53. The van der Waals surface area contributed by atoms with Crippen molar-refractivity contribution in [1.29, 1.82) is 0 Å². The van der Waals surface area contributed by atoms with E-state index in [1.54, 1.807) is 24.3 Å². The fourth-order valence-electron chi connectivity index (χ4n) is 2.16. The van der Waals surface area contributed by atoms with Crippen molar-refractivity contribution in [1.82, 2.24) is 4.98 Å². The molecule has 1 amide bonds. The molecule has 0 spiro atoms. The Bertz CT molecular complexity index is 1020. The van der Waals surface area contributed by atoms with Gasteiger partial charge in [0.05, 0.1) is 4.92 Å². The predicted molar refractivity (Wildman–Crippen MR) is 93.3 cm³/mol. The van der Waals surface area contributed by atoms with Crippen LogP contribution in [0.3, 0.4) is 0 Å². The average Bonchev–Trinajstić information content (AvgIpc) is 3.08. The summed E-state index contributed by atoms with van der Waals surface area (Å²) in [4.78, 5) is 37.5. The minimum atomic E-state index is -0.867. The van der Waals surface area contributed by atoms with Crippen LogP contribution in [0.2, 0.25) is 0 Å². The second kappa shape index (κ2) is 7.15. The molecule has 0 saturated heterocycles. The molecular weight excluding hydrogens is 362 g/mol. The standard InChI is InChI=1S/C16H11N3O6S/c20-12-6-10-4-2-1-3-9(10)5-11(12)15(22)25-8-13(21)18-16-17-7-14(26-16)19(23)24/h1-7,20H,8H2,(H,17,18,21). The van der Waals surface area contributed by atoms with E-state index in [1.165, 1.54) is 12.1 Å². The maximum atomic E-state index is 12.1. The first-order valence-electron chi connectivity index (χ1n) is 7.23. The number of nitrogens with zero attached hydrogens (tertiary/aromatic N) is 2. The second-order valence-electron chi connectivity index (χ2n) is 5.10. The summed E-state index contributed by atoms with van der Waals surface area (Å²) in [7, 11) is 0. The highest BCUT2D eigenvalue weighted by Gasteiger charge is 2.17. The maximum Gasteiger partial charge on any atom is 0.345 e. The van der Waals surface area contributed by atoms with E-state index in [2.05, 4.69) is 10.3 Å². The maximum absolute atomic E-state index is 12.1. The molecule has 3 aromatic rings. The first kappa shape index (κ1) is 17.3. The van der Waals surface area contributed by atoms with Gasteiger partial charge >= 0.3 is 11.0 Å². The van der Waals surface area contributed by atoms with E-state index in [0.717, 1.165) is 17.0 Å². The van der Waals surface area contributed by atoms with Gasteiger partial charge in [0.25, 0.3) is 5.91 Å². The Morgan fingerprint density at radius 3 is 2.62 bits per heavy atom. The van der Waals surface area contributed by atoms with Crippen LogP contribution >= 0.6 is 11.3 Å². The van der Waals surface area contributed by atoms with Crippen LogP contribution in [-0.4, -0.2) is 33.5 Å². The van der Waals surface area contributed by atoms with Gasteiger partial charge in [-0.1, -0.05) is 24.3 Å². The molecule has 132 valence electrons. The Labute approximate surface area is 150 Å². The summed E-state index contributed by atoms with van der Waals surface area (Å²) in [6.45, 7) is -0.627. The van der Waals surface area contributed by atoms with Crippen molar-refractivity contribution in [2.24, 2.45) is 0 Å². The van der Waals surface area contributed by atoms with E-state index < -0.39 is 23.4 Å². The SMILES string of the molecule is O=C(COC(=O)c1cc2ccccc2cc1O)Nc1ncc([N+](=O)[O-])s1. The fraction of sp³-hybridized carbons (Fsp3) is 0.0625. The Morgan fingerprint density at radius 1 is 1.27 bits per heavy atom. The molecule has 0 aliphatic carbocycles. The molecule has 0 aliphatic rings. The van der Waals surface area contributed by atoms with E-state index in [9.17, 15) is 24.8 Å². The molecule has 3 rings (SSSR count). The molecule has 9 nitrogen and oxygen atoms in total. The monoisotopic (exact) mass is 373 g/mol. The van der Waals surface area contributed by atoms with Crippen molar-refractivity contribution in [3.05, 3.63) is 58.3 Å². The minimum Gasteiger partial charge on any atom is -0.507 e. The third kappa shape index (κ3) is 3.75. The number of thiazole rings is 1. The minimum absolute atomic E-state index is 0.0197. The van der Waals surface area contributed by atoms with Gasteiger partial charge in [0.2, 0.25) is 0 Å². The zero-order valence-corrected chi connectivity index (χ0v) is 13.9. The molecule has 1 heterocycles. The summed E-state index contributed by atoms with van der Waals surface area (Å²) < 4.78 is 4.88. The third-order valence-electron chi connectivity index (χ3n) is 3.34. The quantitative estimate of drug-likeness (QED) is 0.399. The van der Waals surface area contributed by atoms with Gasteiger partial charge < -0.3 is 9.84 Å². The zero-order valence-electron chi connectivity index (χ0n) is 13.0. The lowest BCUT2D eigenvalue weighted by atomic mass is 10.1. The summed E-state index contributed by atoms with van der Waals surface area (Å²) in [6, 6.07) is 10.0. The lowest BCUT2D eigenvalue weighted by Crippen LogP contribution is -2.20. The predicted octanol–water partition coefficient (Wildman–Crippen LogP) is 2.71. The number of nitrogens with one attached hydrogen (secondary N) is 1. The molecule has 0 atom stereocenters. The van der Waals surface area contributed by atoms with E-state index in [0.29, 0.717) is 11.3 Å². The van der Waals surface area contributed by atoms with Crippen LogP contribution in [0.5, 0.6) is 5.75 Å². The number of ether oxygens (including phenoxy) is 1. The number of carbonyl (C=O) groups is 2. The van der Waals surface area contributed by atoms with Crippen LogP contribution in [0.1, 0.15) is 10.4 Å². The lowest BCUT2D eigenvalue weighted by Gasteiger charge is -2.07. The van der Waals surface area contributed by atoms with Crippen LogP contribution in [0, 0.1) is 10.1 Å². The van der Waals surface area contributed by atoms with Crippen molar-refractivity contribution < 1.29 is 24.4 Å². The van der Waals surface area contributed by atoms with Crippen molar-refractivity contribution >= 4 is 44.1 Å². The molecule has 2 N–H and O–H groups in total. The van der Waals surface area contributed by atoms with Gasteiger partial charge in [-0.15, -0.1) is 0 Å². The number of fused-ring (bicyclic) bond motifs is 1. The number of aromatic nitrogens is 1. The van der Waals surface area contributed by atoms with Gasteiger partial charge in [0, 0.05) is 0 Å². The highest BCUT2D eigenvalue weighted by molar-refractivity contribution is 7.18. The van der Waals surface area contributed by atoms with Crippen LogP contribution in [-0.2, 0) is 9.53 Å². The highest BCUT2D eigenvalue weighted by Crippen LogP contribution is 2.26. The molecule has 0 bridgehead atoms. The summed E-state index contributed by atoms with van der Waals surface area (Å²) in [6.07, 6.45) is 1.01. The Morgan fingerprint density at radius 2 is 1.96 bits per heavy atom. The van der Waals surface area contributed by atoms with Gasteiger partial charge in [-0.2, -0.15) is 0 Å². The number of aromatic hydroxyl groups is 1. The van der Waals surface area contributed by atoms with Gasteiger partial charge in [-0.25, -0.2) is 9.78 Å². The molecule has 1 aromatic heterocycles. The van der Waals surface area contributed by atoms with Gasteiger partial charge in [-0.3, -0.25) is 20.2 Å². The van der Waals surface area contributed by atoms with E-state index in [-0.39, 0.29) is 21.4 Å². The summed E-state index contributed by atoms with van der Waals surface area (Å²) in [5.74, 6) is -1.83. The average molecular weight is 373 g/mol. The number of phenolic OH excluding ortho intramolecular Hbond substituents is 1.